The molecule has 88 valence electrons. The van der Waals surface area contributed by atoms with Crippen LogP contribution in [0.4, 0.5) is 5.69 Å². The summed E-state index contributed by atoms with van der Waals surface area (Å²) < 4.78 is 0. The lowest BCUT2D eigenvalue weighted by atomic mass is 10.0. The third-order valence-electron chi connectivity index (χ3n) is 3.52. The Morgan fingerprint density at radius 2 is 2.12 bits per heavy atom. The topological polar surface area (TPSA) is 24.9 Å². The van der Waals surface area contributed by atoms with Gasteiger partial charge < -0.3 is 5.32 Å². The second-order valence-electron chi connectivity index (χ2n) is 4.63. The van der Waals surface area contributed by atoms with E-state index in [4.69, 9.17) is 16.6 Å². The number of rotatable bonds is 1. The maximum atomic E-state index is 6.15. The molecule has 1 heterocycles. The van der Waals surface area contributed by atoms with Crippen molar-refractivity contribution in [2.24, 2.45) is 0 Å². The summed E-state index contributed by atoms with van der Waals surface area (Å²) in [5.74, 6) is 0. The Bertz CT molecular complexity index is 605. The van der Waals surface area contributed by atoms with Crippen molar-refractivity contribution in [1.82, 2.24) is 4.98 Å². The quantitative estimate of drug-likeness (QED) is 0.830. The molecule has 2 nitrogen and oxygen atoms in total. The fourth-order valence-electron chi connectivity index (χ4n) is 2.78. The predicted octanol–water partition coefficient (Wildman–Crippen LogP) is 3.73. The highest BCUT2D eigenvalue weighted by atomic mass is 35.5. The van der Waals surface area contributed by atoms with Gasteiger partial charge in [-0.25, -0.2) is 0 Å². The monoisotopic (exact) mass is 246 g/mol. The first-order valence-corrected chi connectivity index (χ1v) is 6.38. The minimum Gasteiger partial charge on any atom is -0.387 e. The third-order valence-corrected chi connectivity index (χ3v) is 3.74. The zero-order valence-electron chi connectivity index (χ0n) is 10.1. The van der Waals surface area contributed by atoms with E-state index in [0.29, 0.717) is 0 Å². The second-order valence-corrected chi connectivity index (χ2v) is 5.07. The number of benzene rings is 1. The van der Waals surface area contributed by atoms with E-state index in [2.05, 4.69) is 12.2 Å². The first-order valence-electron chi connectivity index (χ1n) is 6.00. The van der Waals surface area contributed by atoms with Crippen LogP contribution < -0.4 is 5.32 Å². The van der Waals surface area contributed by atoms with E-state index in [1.54, 1.807) is 0 Å². The van der Waals surface area contributed by atoms with Crippen molar-refractivity contribution < 1.29 is 0 Å². The number of nitrogens with one attached hydrogen (secondary N) is 1. The summed E-state index contributed by atoms with van der Waals surface area (Å²) >= 11 is 6.15. The molecule has 17 heavy (non-hydrogen) atoms. The Morgan fingerprint density at radius 3 is 2.88 bits per heavy atom. The zero-order valence-corrected chi connectivity index (χ0v) is 10.9. The van der Waals surface area contributed by atoms with E-state index in [0.717, 1.165) is 34.3 Å². The van der Waals surface area contributed by atoms with Gasteiger partial charge in [0.15, 0.2) is 0 Å². The minimum atomic E-state index is 0.784. The largest absolute Gasteiger partial charge is 0.387 e. The highest BCUT2D eigenvalue weighted by Gasteiger charge is 2.19. The van der Waals surface area contributed by atoms with Crippen LogP contribution in [-0.2, 0) is 12.8 Å². The maximum absolute atomic E-state index is 6.15. The molecule has 0 amide bonds. The molecular formula is C14H15ClN2. The molecule has 0 unspecified atom stereocenters. The number of halogens is 1. The fourth-order valence-corrected chi connectivity index (χ4v) is 3.05. The number of anilines is 1. The van der Waals surface area contributed by atoms with Crippen LogP contribution in [0.5, 0.6) is 0 Å². The Kier molecular flexibility index (Phi) is 2.48. The van der Waals surface area contributed by atoms with Crippen molar-refractivity contribution >= 4 is 28.2 Å². The molecule has 0 fully saturated rings. The second kappa shape index (κ2) is 3.88. The number of hydrogen-bond acceptors (Lipinski definition) is 2. The number of aromatic nitrogens is 1. The van der Waals surface area contributed by atoms with Crippen LogP contribution in [0, 0.1) is 6.92 Å². The summed E-state index contributed by atoms with van der Waals surface area (Å²) in [5, 5.41) is 5.26. The van der Waals surface area contributed by atoms with Gasteiger partial charge >= 0.3 is 0 Å². The molecule has 3 heteroatoms. The van der Waals surface area contributed by atoms with Crippen molar-refractivity contribution in [3.8, 4) is 0 Å². The molecule has 0 aliphatic heterocycles. The zero-order chi connectivity index (χ0) is 12.0. The van der Waals surface area contributed by atoms with E-state index >= 15 is 0 Å². The Labute approximate surface area is 106 Å². The molecule has 0 saturated carbocycles. The average Bonchev–Trinajstić information content (AvgIpc) is 2.74. The van der Waals surface area contributed by atoms with Gasteiger partial charge in [-0.3, -0.25) is 4.98 Å². The molecule has 0 atom stereocenters. The number of nitrogens with zero attached hydrogens (tertiary/aromatic N) is 1. The molecule has 1 N–H and O–H groups in total. The molecule has 2 aromatic rings. The van der Waals surface area contributed by atoms with Crippen molar-refractivity contribution in [3.63, 3.8) is 0 Å². The standard InChI is InChI=1S/C14H15ClN2/c1-8-6-9(15)7-11-13(8)17-12-5-3-4-10(12)14(11)16-2/h6-7H,3-5H2,1-2H3,(H,16,17). The fraction of sp³-hybridized carbons (Fsp3) is 0.357. The van der Waals surface area contributed by atoms with Crippen molar-refractivity contribution in [2.45, 2.75) is 26.2 Å². The highest BCUT2D eigenvalue weighted by molar-refractivity contribution is 6.31. The molecule has 0 saturated heterocycles. The van der Waals surface area contributed by atoms with Crippen molar-refractivity contribution in [2.75, 3.05) is 12.4 Å². The Morgan fingerprint density at radius 1 is 1.29 bits per heavy atom. The SMILES string of the molecule is CNc1c2c(nc3c(C)cc(Cl)cc13)CCC2. The third kappa shape index (κ3) is 1.59. The lowest BCUT2D eigenvalue weighted by Gasteiger charge is -2.13. The van der Waals surface area contributed by atoms with Crippen LogP contribution in [0.3, 0.4) is 0 Å². The van der Waals surface area contributed by atoms with Gasteiger partial charge in [0.1, 0.15) is 0 Å². The number of hydrogen-bond donors (Lipinski definition) is 1. The van der Waals surface area contributed by atoms with E-state index < -0.39 is 0 Å². The lowest BCUT2D eigenvalue weighted by Crippen LogP contribution is -2.00. The van der Waals surface area contributed by atoms with Crippen molar-refractivity contribution in [3.05, 3.63) is 34.0 Å². The van der Waals surface area contributed by atoms with Crippen LogP contribution in [0.15, 0.2) is 12.1 Å². The molecule has 1 aliphatic carbocycles. The van der Waals surface area contributed by atoms with Gasteiger partial charge in [-0.15, -0.1) is 0 Å². The van der Waals surface area contributed by atoms with Crippen molar-refractivity contribution in [1.29, 1.82) is 0 Å². The minimum absolute atomic E-state index is 0.784. The Balaban J connectivity index is 2.45. The molecule has 1 aliphatic rings. The van der Waals surface area contributed by atoms with Crippen LogP contribution in [-0.4, -0.2) is 12.0 Å². The van der Waals surface area contributed by atoms with Gasteiger partial charge in [-0.05, 0) is 49.4 Å². The molecule has 0 spiro atoms. The van der Waals surface area contributed by atoms with Gasteiger partial charge in [0, 0.05) is 28.8 Å². The number of fused-ring (bicyclic) bond motifs is 2. The van der Waals surface area contributed by atoms with Gasteiger partial charge in [-0.1, -0.05) is 11.6 Å². The average molecular weight is 247 g/mol. The maximum Gasteiger partial charge on any atom is 0.0756 e. The van der Waals surface area contributed by atoms with E-state index in [1.807, 2.05) is 19.2 Å². The molecule has 1 aromatic carbocycles. The molecule has 3 rings (SSSR count). The summed E-state index contributed by atoms with van der Waals surface area (Å²) in [6.07, 6.45) is 3.43. The molecule has 0 bridgehead atoms. The van der Waals surface area contributed by atoms with E-state index in [-0.39, 0.29) is 0 Å². The number of pyridine rings is 1. The van der Waals surface area contributed by atoms with E-state index in [1.165, 1.54) is 23.4 Å². The highest BCUT2D eigenvalue weighted by Crippen LogP contribution is 2.36. The lowest BCUT2D eigenvalue weighted by molar-refractivity contribution is 0.901. The normalized spacial score (nSPS) is 14.1. The van der Waals surface area contributed by atoms with E-state index in [9.17, 15) is 0 Å². The summed E-state index contributed by atoms with van der Waals surface area (Å²) in [6.45, 7) is 2.07. The van der Waals surface area contributed by atoms with Crippen LogP contribution in [0.1, 0.15) is 23.2 Å². The number of aryl methyl sites for hydroxylation is 2. The molecule has 0 radical (unpaired) electrons. The summed E-state index contributed by atoms with van der Waals surface area (Å²) in [6, 6.07) is 4.00. The first kappa shape index (κ1) is 10.8. The summed E-state index contributed by atoms with van der Waals surface area (Å²) in [7, 11) is 1.98. The predicted molar refractivity (Wildman–Crippen MR) is 73.1 cm³/mol. The molecule has 1 aromatic heterocycles. The summed E-state index contributed by atoms with van der Waals surface area (Å²) in [4.78, 5) is 4.81. The molecular weight excluding hydrogens is 232 g/mol. The van der Waals surface area contributed by atoms with Gasteiger partial charge in [0.2, 0.25) is 0 Å². The van der Waals surface area contributed by atoms with Gasteiger partial charge in [0.05, 0.1) is 5.52 Å². The first-order chi connectivity index (χ1) is 8.20. The smallest absolute Gasteiger partial charge is 0.0756 e. The van der Waals surface area contributed by atoms with Gasteiger partial charge in [-0.2, -0.15) is 0 Å². The summed E-state index contributed by atoms with van der Waals surface area (Å²) in [5.41, 5.74) is 6.08. The van der Waals surface area contributed by atoms with Crippen LogP contribution in [0.2, 0.25) is 5.02 Å². The van der Waals surface area contributed by atoms with Crippen LogP contribution in [0.25, 0.3) is 10.9 Å². The van der Waals surface area contributed by atoms with Gasteiger partial charge in [0.25, 0.3) is 0 Å². The van der Waals surface area contributed by atoms with Crippen LogP contribution >= 0.6 is 11.6 Å². The Hall–Kier alpha value is -1.28.